The summed E-state index contributed by atoms with van der Waals surface area (Å²) >= 11 is 0. The van der Waals surface area contributed by atoms with E-state index < -0.39 is 0 Å². The number of nitrogens with zero attached hydrogens (tertiary/aromatic N) is 4. The van der Waals surface area contributed by atoms with E-state index in [-0.39, 0.29) is 17.9 Å². The zero-order valence-corrected chi connectivity index (χ0v) is 14.2. The molecule has 1 N–H and O–H groups in total. The zero-order valence-electron chi connectivity index (χ0n) is 14.2. The molecule has 1 aromatic rings. The van der Waals surface area contributed by atoms with Crippen LogP contribution in [0.2, 0.25) is 0 Å². The van der Waals surface area contributed by atoms with E-state index in [1.54, 1.807) is 9.80 Å². The van der Waals surface area contributed by atoms with Crippen LogP contribution in [-0.4, -0.2) is 69.8 Å². The van der Waals surface area contributed by atoms with Crippen LogP contribution in [0.4, 0.5) is 0 Å². The van der Waals surface area contributed by atoms with E-state index in [1.807, 2.05) is 4.57 Å². The highest BCUT2D eigenvalue weighted by molar-refractivity contribution is 5.97. The Labute approximate surface area is 146 Å². The quantitative estimate of drug-likeness (QED) is 0.780. The summed E-state index contributed by atoms with van der Waals surface area (Å²) in [6.45, 7) is 2.82. The number of amides is 3. The topological polar surface area (TPSA) is 87.5 Å². The minimum Gasteiger partial charge on any atom is -0.348 e. The molecule has 1 aliphatic carbocycles. The van der Waals surface area contributed by atoms with Crippen molar-refractivity contribution >= 4 is 18.2 Å². The third-order valence-electron chi connectivity index (χ3n) is 5.19. The molecule has 0 atom stereocenters. The molecule has 1 saturated carbocycles. The number of aromatic nitrogens is 2. The van der Waals surface area contributed by atoms with Crippen molar-refractivity contribution in [3.8, 4) is 0 Å². The molecular formula is C17H23N5O3. The lowest BCUT2D eigenvalue weighted by atomic mass is 10.1. The summed E-state index contributed by atoms with van der Waals surface area (Å²) < 4.78 is 1.93. The third kappa shape index (κ3) is 3.12. The van der Waals surface area contributed by atoms with Crippen LogP contribution in [-0.2, 0) is 17.8 Å². The van der Waals surface area contributed by atoms with Gasteiger partial charge in [-0.15, -0.1) is 0 Å². The number of imidazole rings is 1. The maximum atomic E-state index is 12.9. The minimum absolute atomic E-state index is 0.140. The molecule has 3 aliphatic rings. The molecule has 2 fully saturated rings. The van der Waals surface area contributed by atoms with Crippen molar-refractivity contribution in [2.75, 3.05) is 26.2 Å². The first kappa shape index (κ1) is 16.1. The fourth-order valence-electron chi connectivity index (χ4n) is 3.54. The zero-order chi connectivity index (χ0) is 17.4. The summed E-state index contributed by atoms with van der Waals surface area (Å²) in [6, 6.07) is 0.268. The molecule has 25 heavy (non-hydrogen) atoms. The Morgan fingerprint density at radius 2 is 1.84 bits per heavy atom. The summed E-state index contributed by atoms with van der Waals surface area (Å²) in [7, 11) is 0. The molecule has 8 nitrogen and oxygen atoms in total. The molecule has 0 unspecified atom stereocenters. The summed E-state index contributed by atoms with van der Waals surface area (Å²) in [5.74, 6) is 0.0762. The number of carbonyl (C=O) groups is 3. The van der Waals surface area contributed by atoms with E-state index in [1.165, 1.54) is 0 Å². The van der Waals surface area contributed by atoms with E-state index in [0.717, 1.165) is 50.8 Å². The number of hydrogen-bond acceptors (Lipinski definition) is 4. The first-order valence-corrected chi connectivity index (χ1v) is 9.06. The van der Waals surface area contributed by atoms with Gasteiger partial charge < -0.3 is 19.7 Å². The Kier molecular flexibility index (Phi) is 4.19. The van der Waals surface area contributed by atoms with Crippen LogP contribution in [0.5, 0.6) is 0 Å². The van der Waals surface area contributed by atoms with Crippen molar-refractivity contribution < 1.29 is 14.4 Å². The number of nitrogens with one attached hydrogen (secondary N) is 1. The summed E-state index contributed by atoms with van der Waals surface area (Å²) in [5.41, 5.74) is 1.31. The second kappa shape index (κ2) is 6.50. The van der Waals surface area contributed by atoms with Crippen LogP contribution in [0.3, 0.4) is 0 Å². The van der Waals surface area contributed by atoms with E-state index >= 15 is 0 Å². The molecule has 8 heteroatoms. The number of piperazine rings is 1. The van der Waals surface area contributed by atoms with Crippen LogP contribution in [0.25, 0.3) is 0 Å². The molecule has 1 saturated heterocycles. The molecule has 0 bridgehead atoms. The van der Waals surface area contributed by atoms with Gasteiger partial charge in [0, 0.05) is 38.8 Å². The van der Waals surface area contributed by atoms with Crippen molar-refractivity contribution in [1.29, 1.82) is 0 Å². The molecule has 3 amide bonds. The van der Waals surface area contributed by atoms with E-state index in [9.17, 15) is 14.4 Å². The average molecular weight is 345 g/mol. The van der Waals surface area contributed by atoms with Crippen molar-refractivity contribution in [1.82, 2.24) is 24.7 Å². The van der Waals surface area contributed by atoms with Gasteiger partial charge in [-0.2, -0.15) is 0 Å². The SMILES string of the molecule is O=CN1CCN(C(=O)c2nc(C(=O)NC3CC3)c3n2CCCC3)CC1. The second-order valence-electron chi connectivity index (χ2n) is 7.02. The smallest absolute Gasteiger partial charge is 0.290 e. The number of rotatable bonds is 4. The van der Waals surface area contributed by atoms with Crippen LogP contribution in [0.15, 0.2) is 0 Å². The van der Waals surface area contributed by atoms with Crippen LogP contribution in [0, 0.1) is 0 Å². The predicted molar refractivity (Wildman–Crippen MR) is 89.2 cm³/mol. The van der Waals surface area contributed by atoms with Gasteiger partial charge in [0.25, 0.3) is 11.8 Å². The summed E-state index contributed by atoms with van der Waals surface area (Å²) in [5, 5.41) is 2.98. The molecule has 2 aliphatic heterocycles. The van der Waals surface area contributed by atoms with Gasteiger partial charge in [-0.3, -0.25) is 14.4 Å². The molecule has 0 aromatic carbocycles. The highest BCUT2D eigenvalue weighted by atomic mass is 16.2. The van der Waals surface area contributed by atoms with Crippen LogP contribution in [0.1, 0.15) is 52.5 Å². The lowest BCUT2D eigenvalue weighted by Gasteiger charge is -2.32. The first-order chi connectivity index (χ1) is 12.2. The molecule has 0 radical (unpaired) electrons. The number of carbonyl (C=O) groups excluding carboxylic acids is 3. The van der Waals surface area contributed by atoms with Crippen LogP contribution < -0.4 is 5.32 Å². The lowest BCUT2D eigenvalue weighted by molar-refractivity contribution is -0.119. The fraction of sp³-hybridized carbons (Fsp3) is 0.647. The highest BCUT2D eigenvalue weighted by Gasteiger charge is 2.32. The number of fused-ring (bicyclic) bond motifs is 1. The Morgan fingerprint density at radius 1 is 1.08 bits per heavy atom. The van der Waals surface area contributed by atoms with Crippen molar-refractivity contribution in [3.05, 3.63) is 17.2 Å². The Morgan fingerprint density at radius 3 is 2.52 bits per heavy atom. The monoisotopic (exact) mass is 345 g/mol. The average Bonchev–Trinajstić information content (AvgIpc) is 3.38. The molecule has 4 rings (SSSR count). The Hall–Kier alpha value is -2.38. The van der Waals surface area contributed by atoms with Gasteiger partial charge in [-0.05, 0) is 32.1 Å². The number of hydrogen-bond donors (Lipinski definition) is 1. The van der Waals surface area contributed by atoms with Gasteiger partial charge >= 0.3 is 0 Å². The van der Waals surface area contributed by atoms with Gasteiger partial charge in [0.1, 0.15) is 5.69 Å². The van der Waals surface area contributed by atoms with E-state index in [0.29, 0.717) is 37.7 Å². The van der Waals surface area contributed by atoms with E-state index in [2.05, 4.69) is 10.3 Å². The normalized spacial score (nSPS) is 20.2. The largest absolute Gasteiger partial charge is 0.348 e. The molecule has 0 spiro atoms. The second-order valence-corrected chi connectivity index (χ2v) is 7.02. The molecule has 3 heterocycles. The standard InChI is InChI=1S/C17H23N5O3/c23-11-20-7-9-21(10-8-20)17(25)15-19-14(16(24)18-12-4-5-12)13-3-1-2-6-22(13)15/h11-12H,1-10H2,(H,18,24). The van der Waals surface area contributed by atoms with Gasteiger partial charge in [-0.25, -0.2) is 4.98 Å². The van der Waals surface area contributed by atoms with Gasteiger partial charge in [-0.1, -0.05) is 0 Å². The fourth-order valence-corrected chi connectivity index (χ4v) is 3.54. The molecule has 1 aromatic heterocycles. The van der Waals surface area contributed by atoms with Gasteiger partial charge in [0.15, 0.2) is 5.82 Å². The lowest BCUT2D eigenvalue weighted by Crippen LogP contribution is -2.48. The Bertz CT molecular complexity index is 701. The minimum atomic E-state index is -0.155. The van der Waals surface area contributed by atoms with Crippen molar-refractivity contribution in [3.63, 3.8) is 0 Å². The van der Waals surface area contributed by atoms with Crippen molar-refractivity contribution in [2.45, 2.75) is 44.7 Å². The first-order valence-electron chi connectivity index (χ1n) is 9.06. The summed E-state index contributed by atoms with van der Waals surface area (Å²) in [4.78, 5) is 44.1. The maximum absolute atomic E-state index is 12.9. The van der Waals surface area contributed by atoms with Gasteiger partial charge in [0.05, 0.1) is 5.69 Å². The molecule has 134 valence electrons. The van der Waals surface area contributed by atoms with Gasteiger partial charge in [0.2, 0.25) is 6.41 Å². The third-order valence-corrected chi connectivity index (χ3v) is 5.19. The van der Waals surface area contributed by atoms with Crippen molar-refractivity contribution in [2.24, 2.45) is 0 Å². The highest BCUT2D eigenvalue weighted by Crippen LogP contribution is 2.24. The molecular weight excluding hydrogens is 322 g/mol. The Balaban J connectivity index is 1.58. The van der Waals surface area contributed by atoms with Crippen LogP contribution >= 0.6 is 0 Å². The summed E-state index contributed by atoms with van der Waals surface area (Å²) in [6.07, 6.45) is 5.66. The maximum Gasteiger partial charge on any atom is 0.290 e. The predicted octanol–water partition coefficient (Wildman–Crippen LogP) is 0.0258. The van der Waals surface area contributed by atoms with E-state index in [4.69, 9.17) is 0 Å².